The third-order valence-corrected chi connectivity index (χ3v) is 3.42. The van der Waals surface area contributed by atoms with E-state index < -0.39 is 0 Å². The molecule has 0 bridgehead atoms. The van der Waals surface area contributed by atoms with Crippen molar-refractivity contribution < 1.29 is 4.79 Å². The fraction of sp³-hybridized carbons (Fsp3) is 0.286. The van der Waals surface area contributed by atoms with Crippen LogP contribution < -0.4 is 5.32 Å². The van der Waals surface area contributed by atoms with Crippen molar-refractivity contribution in [1.82, 2.24) is 15.1 Å². The van der Waals surface area contributed by atoms with Crippen molar-refractivity contribution in [2.24, 2.45) is 7.05 Å². The van der Waals surface area contributed by atoms with Crippen LogP contribution in [0, 0.1) is 0 Å². The standard InChI is InChI=1S/C14H14ClN3O/c1-18-13(14(19)16-11-6-7-11)8-12(17-18)9-2-4-10(15)5-3-9/h2-5,8,11H,6-7H2,1H3,(H,16,19). The lowest BCUT2D eigenvalue weighted by molar-refractivity contribution is 0.0941. The predicted octanol–water partition coefficient (Wildman–Crippen LogP) is 2.63. The van der Waals surface area contributed by atoms with Crippen LogP contribution in [-0.4, -0.2) is 21.7 Å². The summed E-state index contributed by atoms with van der Waals surface area (Å²) in [6, 6.07) is 9.58. The number of amides is 1. The van der Waals surface area contributed by atoms with E-state index in [4.69, 9.17) is 11.6 Å². The van der Waals surface area contributed by atoms with E-state index in [-0.39, 0.29) is 5.91 Å². The molecule has 4 nitrogen and oxygen atoms in total. The number of aryl methyl sites for hydroxylation is 1. The lowest BCUT2D eigenvalue weighted by Crippen LogP contribution is -2.27. The van der Waals surface area contributed by atoms with Crippen molar-refractivity contribution in [2.45, 2.75) is 18.9 Å². The van der Waals surface area contributed by atoms with Crippen molar-refractivity contribution in [3.8, 4) is 11.3 Å². The second kappa shape index (κ2) is 4.70. The monoisotopic (exact) mass is 275 g/mol. The molecule has 0 unspecified atom stereocenters. The van der Waals surface area contributed by atoms with E-state index in [2.05, 4.69) is 10.4 Å². The number of rotatable bonds is 3. The number of benzene rings is 1. The Morgan fingerprint density at radius 1 is 1.37 bits per heavy atom. The Balaban J connectivity index is 1.87. The minimum absolute atomic E-state index is 0.0577. The van der Waals surface area contributed by atoms with Crippen LogP contribution in [0.2, 0.25) is 5.02 Å². The minimum Gasteiger partial charge on any atom is -0.348 e. The van der Waals surface area contributed by atoms with Crippen LogP contribution in [-0.2, 0) is 7.05 Å². The molecule has 0 saturated heterocycles. The lowest BCUT2D eigenvalue weighted by atomic mass is 10.1. The summed E-state index contributed by atoms with van der Waals surface area (Å²) in [6.45, 7) is 0. The molecular weight excluding hydrogens is 262 g/mol. The van der Waals surface area contributed by atoms with Crippen LogP contribution in [0.3, 0.4) is 0 Å². The molecule has 1 aromatic heterocycles. The highest BCUT2D eigenvalue weighted by atomic mass is 35.5. The molecule has 0 aliphatic heterocycles. The van der Waals surface area contributed by atoms with Gasteiger partial charge in [0.25, 0.3) is 5.91 Å². The smallest absolute Gasteiger partial charge is 0.269 e. The second-order valence-corrected chi connectivity index (χ2v) is 5.23. The first-order chi connectivity index (χ1) is 9.13. The first-order valence-electron chi connectivity index (χ1n) is 6.24. The maximum atomic E-state index is 12.0. The SMILES string of the molecule is Cn1nc(-c2ccc(Cl)cc2)cc1C(=O)NC1CC1. The summed E-state index contributed by atoms with van der Waals surface area (Å²) in [5.74, 6) is -0.0577. The molecule has 19 heavy (non-hydrogen) atoms. The van der Waals surface area contributed by atoms with Crippen molar-refractivity contribution >= 4 is 17.5 Å². The van der Waals surface area contributed by atoms with Gasteiger partial charge >= 0.3 is 0 Å². The summed E-state index contributed by atoms with van der Waals surface area (Å²) >= 11 is 5.86. The van der Waals surface area contributed by atoms with Crippen molar-refractivity contribution in [3.63, 3.8) is 0 Å². The number of nitrogens with zero attached hydrogens (tertiary/aromatic N) is 2. The molecule has 1 fully saturated rings. The van der Waals surface area contributed by atoms with Gasteiger partial charge in [0.15, 0.2) is 0 Å². The molecule has 1 aliphatic carbocycles. The summed E-state index contributed by atoms with van der Waals surface area (Å²) in [5, 5.41) is 8.02. The third kappa shape index (κ3) is 2.63. The van der Waals surface area contributed by atoms with Gasteiger partial charge in [0.2, 0.25) is 0 Å². The number of halogens is 1. The highest BCUT2D eigenvalue weighted by Gasteiger charge is 2.25. The first kappa shape index (κ1) is 12.2. The average Bonchev–Trinajstić information content (AvgIpc) is 3.11. The quantitative estimate of drug-likeness (QED) is 0.936. The van der Waals surface area contributed by atoms with Crippen molar-refractivity contribution in [3.05, 3.63) is 41.0 Å². The van der Waals surface area contributed by atoms with E-state index in [1.807, 2.05) is 24.3 Å². The number of hydrogen-bond donors (Lipinski definition) is 1. The number of carbonyl (C=O) groups excluding carboxylic acids is 1. The van der Waals surface area contributed by atoms with Crippen LogP contribution >= 0.6 is 11.6 Å². The summed E-state index contributed by atoms with van der Waals surface area (Å²) < 4.78 is 1.61. The van der Waals surface area contributed by atoms with E-state index in [0.29, 0.717) is 16.8 Å². The lowest BCUT2D eigenvalue weighted by Gasteiger charge is -2.01. The molecule has 1 aromatic carbocycles. The van der Waals surface area contributed by atoms with Gasteiger partial charge < -0.3 is 5.32 Å². The topological polar surface area (TPSA) is 46.9 Å². The third-order valence-electron chi connectivity index (χ3n) is 3.17. The average molecular weight is 276 g/mol. The second-order valence-electron chi connectivity index (χ2n) is 4.79. The summed E-state index contributed by atoms with van der Waals surface area (Å²) in [4.78, 5) is 12.0. The predicted molar refractivity (Wildman–Crippen MR) is 74.1 cm³/mol. The van der Waals surface area contributed by atoms with Gasteiger partial charge in [-0.15, -0.1) is 0 Å². The molecule has 1 N–H and O–H groups in total. The molecule has 1 heterocycles. The zero-order chi connectivity index (χ0) is 13.4. The van der Waals surface area contributed by atoms with Crippen LogP contribution in [0.15, 0.2) is 30.3 Å². The van der Waals surface area contributed by atoms with Gasteiger partial charge in [-0.25, -0.2) is 0 Å². The Kier molecular flexibility index (Phi) is 3.03. The molecule has 5 heteroatoms. The summed E-state index contributed by atoms with van der Waals surface area (Å²) in [5.41, 5.74) is 2.31. The Labute approximate surface area is 116 Å². The normalized spacial score (nSPS) is 14.4. The first-order valence-corrected chi connectivity index (χ1v) is 6.62. The largest absolute Gasteiger partial charge is 0.348 e. The van der Waals surface area contributed by atoms with Crippen molar-refractivity contribution in [1.29, 1.82) is 0 Å². The molecule has 1 amide bonds. The van der Waals surface area contributed by atoms with E-state index >= 15 is 0 Å². The Morgan fingerprint density at radius 3 is 2.68 bits per heavy atom. The fourth-order valence-corrected chi connectivity index (χ4v) is 2.05. The van der Waals surface area contributed by atoms with E-state index in [1.165, 1.54) is 0 Å². The van der Waals surface area contributed by atoms with Crippen LogP contribution in [0.1, 0.15) is 23.3 Å². The van der Waals surface area contributed by atoms with E-state index in [9.17, 15) is 4.79 Å². The maximum absolute atomic E-state index is 12.0. The zero-order valence-electron chi connectivity index (χ0n) is 10.6. The van der Waals surface area contributed by atoms with Crippen molar-refractivity contribution in [2.75, 3.05) is 0 Å². The molecule has 0 radical (unpaired) electrons. The highest BCUT2D eigenvalue weighted by Crippen LogP contribution is 2.22. The van der Waals surface area contributed by atoms with Gasteiger partial charge in [0.1, 0.15) is 5.69 Å². The molecule has 0 atom stereocenters. The van der Waals surface area contributed by atoms with Crippen LogP contribution in [0.25, 0.3) is 11.3 Å². The molecular formula is C14H14ClN3O. The fourth-order valence-electron chi connectivity index (χ4n) is 1.93. The maximum Gasteiger partial charge on any atom is 0.269 e. The molecule has 1 saturated carbocycles. The van der Waals surface area contributed by atoms with Crippen LogP contribution in [0.4, 0.5) is 0 Å². The number of carbonyl (C=O) groups is 1. The number of hydrogen-bond acceptors (Lipinski definition) is 2. The Hall–Kier alpha value is -1.81. The minimum atomic E-state index is -0.0577. The Morgan fingerprint density at radius 2 is 2.05 bits per heavy atom. The van der Waals surface area contributed by atoms with Gasteiger partial charge in [-0.05, 0) is 31.0 Å². The molecule has 98 valence electrons. The Bertz CT molecular complexity index is 614. The zero-order valence-corrected chi connectivity index (χ0v) is 11.3. The number of nitrogens with one attached hydrogen (secondary N) is 1. The van der Waals surface area contributed by atoms with E-state index in [1.54, 1.807) is 17.8 Å². The van der Waals surface area contributed by atoms with Gasteiger partial charge in [-0.3, -0.25) is 9.48 Å². The molecule has 1 aliphatic rings. The van der Waals surface area contributed by atoms with Gasteiger partial charge in [0.05, 0.1) is 5.69 Å². The highest BCUT2D eigenvalue weighted by molar-refractivity contribution is 6.30. The summed E-state index contributed by atoms with van der Waals surface area (Å²) in [7, 11) is 1.78. The molecule has 3 rings (SSSR count). The van der Waals surface area contributed by atoms with E-state index in [0.717, 1.165) is 24.1 Å². The number of aromatic nitrogens is 2. The van der Waals surface area contributed by atoms with Gasteiger partial charge in [-0.1, -0.05) is 23.7 Å². The molecule has 0 spiro atoms. The summed E-state index contributed by atoms with van der Waals surface area (Å²) in [6.07, 6.45) is 2.15. The molecule has 2 aromatic rings. The van der Waals surface area contributed by atoms with Gasteiger partial charge in [0, 0.05) is 23.7 Å². The van der Waals surface area contributed by atoms with Gasteiger partial charge in [-0.2, -0.15) is 5.10 Å². The van der Waals surface area contributed by atoms with Crippen LogP contribution in [0.5, 0.6) is 0 Å².